The maximum atomic E-state index is 5.48. The van der Waals surface area contributed by atoms with Crippen molar-refractivity contribution in [2.75, 3.05) is 13.2 Å². The molecule has 0 radical (unpaired) electrons. The van der Waals surface area contributed by atoms with Crippen molar-refractivity contribution in [3.63, 3.8) is 0 Å². The van der Waals surface area contributed by atoms with Crippen LogP contribution in [0.4, 0.5) is 0 Å². The molecule has 1 rings (SSSR count). The minimum absolute atomic E-state index is 0.0644. The molecule has 0 saturated carbocycles. The molecule has 0 spiro atoms. The van der Waals surface area contributed by atoms with Crippen LogP contribution in [-0.4, -0.2) is 19.5 Å². The van der Waals surface area contributed by atoms with Crippen molar-refractivity contribution in [3.8, 4) is 0 Å². The van der Waals surface area contributed by atoms with Crippen molar-refractivity contribution >= 4 is 6.08 Å². The van der Waals surface area contributed by atoms with Crippen LogP contribution >= 0.6 is 0 Å². The second-order valence-corrected chi connectivity index (χ2v) is 3.73. The molecular weight excluding hydrogens is 212 g/mol. The zero-order valence-electron chi connectivity index (χ0n) is 10.8. The fraction of sp³-hybridized carbons (Fsp3) is 0.467. The number of benzene rings is 1. The molecule has 0 fully saturated rings. The van der Waals surface area contributed by atoms with E-state index in [1.54, 1.807) is 0 Å². The normalized spacial score (nSPS) is 11.5. The lowest BCUT2D eigenvalue weighted by Gasteiger charge is -2.15. The molecular formula is C15H22O2. The van der Waals surface area contributed by atoms with Crippen molar-refractivity contribution < 1.29 is 9.47 Å². The predicted octanol–water partition coefficient (Wildman–Crippen LogP) is 3.88. The van der Waals surface area contributed by atoms with E-state index in [1.165, 1.54) is 5.56 Å². The molecule has 0 unspecified atom stereocenters. The first-order chi connectivity index (χ1) is 8.36. The zero-order valence-corrected chi connectivity index (χ0v) is 10.8. The highest BCUT2D eigenvalue weighted by molar-refractivity contribution is 5.48. The molecule has 1 aromatic rings. The van der Waals surface area contributed by atoms with Gasteiger partial charge in [0, 0.05) is 19.6 Å². The number of hydrogen-bond acceptors (Lipinski definition) is 2. The third-order valence-electron chi connectivity index (χ3n) is 2.38. The minimum atomic E-state index is -0.0644. The largest absolute Gasteiger partial charge is 0.353 e. The van der Waals surface area contributed by atoms with Crippen LogP contribution in [0.1, 0.15) is 32.3 Å². The van der Waals surface area contributed by atoms with Crippen LogP contribution in [0.5, 0.6) is 0 Å². The van der Waals surface area contributed by atoms with E-state index in [9.17, 15) is 0 Å². The van der Waals surface area contributed by atoms with E-state index >= 15 is 0 Å². The van der Waals surface area contributed by atoms with Gasteiger partial charge in [-0.05, 0) is 25.8 Å². The maximum absolute atomic E-state index is 5.48. The summed E-state index contributed by atoms with van der Waals surface area (Å²) >= 11 is 0. The molecule has 0 aromatic heterocycles. The molecule has 2 nitrogen and oxygen atoms in total. The molecule has 0 saturated heterocycles. The first-order valence-electron chi connectivity index (χ1n) is 6.31. The molecule has 0 aliphatic rings. The number of ether oxygens (including phenoxy) is 2. The molecule has 94 valence electrons. The highest BCUT2D eigenvalue weighted by atomic mass is 16.7. The van der Waals surface area contributed by atoms with E-state index < -0.39 is 0 Å². The molecule has 0 amide bonds. The second-order valence-electron chi connectivity index (χ2n) is 3.73. The van der Waals surface area contributed by atoms with Gasteiger partial charge in [0.15, 0.2) is 6.29 Å². The Hall–Kier alpha value is -1.12. The van der Waals surface area contributed by atoms with E-state index in [1.807, 2.05) is 32.0 Å². The summed E-state index contributed by atoms with van der Waals surface area (Å²) in [4.78, 5) is 0. The van der Waals surface area contributed by atoms with Gasteiger partial charge in [-0.3, -0.25) is 0 Å². The first-order valence-corrected chi connectivity index (χ1v) is 6.31. The van der Waals surface area contributed by atoms with Gasteiger partial charge in [0.2, 0.25) is 0 Å². The average molecular weight is 234 g/mol. The van der Waals surface area contributed by atoms with Crippen LogP contribution in [0.3, 0.4) is 0 Å². The SMILES string of the molecule is CCOC(CC/C=C/c1ccccc1)OCC. The van der Waals surface area contributed by atoms with Crippen LogP contribution in [0.15, 0.2) is 36.4 Å². The van der Waals surface area contributed by atoms with Gasteiger partial charge in [0.1, 0.15) is 0 Å². The first kappa shape index (κ1) is 13.9. The van der Waals surface area contributed by atoms with Gasteiger partial charge in [0.05, 0.1) is 0 Å². The van der Waals surface area contributed by atoms with Gasteiger partial charge < -0.3 is 9.47 Å². The standard InChI is InChI=1S/C15H22O2/c1-3-16-15(17-4-2)13-9-8-12-14-10-6-5-7-11-14/h5-8,10-12,15H,3-4,9,13H2,1-2H3/b12-8+. The molecule has 1 aromatic carbocycles. The predicted molar refractivity (Wildman–Crippen MR) is 71.8 cm³/mol. The summed E-state index contributed by atoms with van der Waals surface area (Å²) in [6.07, 6.45) is 6.12. The molecule has 0 atom stereocenters. The molecule has 0 aliphatic carbocycles. The summed E-state index contributed by atoms with van der Waals surface area (Å²) in [5.41, 5.74) is 1.23. The van der Waals surface area contributed by atoms with E-state index in [4.69, 9.17) is 9.47 Å². The summed E-state index contributed by atoms with van der Waals surface area (Å²) in [7, 11) is 0. The Morgan fingerprint density at radius 2 is 1.71 bits per heavy atom. The number of rotatable bonds is 8. The van der Waals surface area contributed by atoms with Crippen LogP contribution < -0.4 is 0 Å². The van der Waals surface area contributed by atoms with Gasteiger partial charge in [-0.2, -0.15) is 0 Å². The van der Waals surface area contributed by atoms with Crippen LogP contribution in [-0.2, 0) is 9.47 Å². The fourth-order valence-corrected chi connectivity index (χ4v) is 1.60. The fourth-order valence-electron chi connectivity index (χ4n) is 1.60. The van der Waals surface area contributed by atoms with Crippen LogP contribution in [0.2, 0.25) is 0 Å². The van der Waals surface area contributed by atoms with E-state index in [0.717, 1.165) is 12.8 Å². The Morgan fingerprint density at radius 3 is 2.29 bits per heavy atom. The molecule has 0 aliphatic heterocycles. The summed E-state index contributed by atoms with van der Waals surface area (Å²) in [5, 5.41) is 0. The maximum Gasteiger partial charge on any atom is 0.157 e. The Bertz CT molecular complexity index is 300. The summed E-state index contributed by atoms with van der Waals surface area (Å²) < 4.78 is 11.0. The molecule has 0 N–H and O–H groups in total. The molecule has 0 bridgehead atoms. The minimum Gasteiger partial charge on any atom is -0.353 e. The smallest absolute Gasteiger partial charge is 0.157 e. The Labute approximate surface area is 104 Å². The van der Waals surface area contributed by atoms with Crippen molar-refractivity contribution in [2.24, 2.45) is 0 Å². The lowest BCUT2D eigenvalue weighted by Crippen LogP contribution is -2.16. The van der Waals surface area contributed by atoms with Gasteiger partial charge in [-0.1, -0.05) is 42.5 Å². The monoisotopic (exact) mass is 234 g/mol. The summed E-state index contributed by atoms with van der Waals surface area (Å²) in [6.45, 7) is 5.39. The van der Waals surface area contributed by atoms with Gasteiger partial charge in [-0.25, -0.2) is 0 Å². The number of allylic oxidation sites excluding steroid dienone is 1. The van der Waals surface area contributed by atoms with Crippen LogP contribution in [0, 0.1) is 0 Å². The third kappa shape index (κ3) is 6.25. The second kappa shape index (κ2) is 8.97. The summed E-state index contributed by atoms with van der Waals surface area (Å²) in [5.74, 6) is 0. The lowest BCUT2D eigenvalue weighted by atomic mass is 10.2. The third-order valence-corrected chi connectivity index (χ3v) is 2.38. The van der Waals surface area contributed by atoms with Gasteiger partial charge in [0.25, 0.3) is 0 Å². The number of hydrogen-bond donors (Lipinski definition) is 0. The van der Waals surface area contributed by atoms with Crippen molar-refractivity contribution in [1.29, 1.82) is 0 Å². The van der Waals surface area contributed by atoms with Gasteiger partial charge in [-0.15, -0.1) is 0 Å². The van der Waals surface area contributed by atoms with Crippen molar-refractivity contribution in [1.82, 2.24) is 0 Å². The average Bonchev–Trinajstić information content (AvgIpc) is 2.36. The van der Waals surface area contributed by atoms with E-state index in [0.29, 0.717) is 13.2 Å². The Morgan fingerprint density at radius 1 is 1.06 bits per heavy atom. The van der Waals surface area contributed by atoms with Gasteiger partial charge >= 0.3 is 0 Å². The molecule has 0 heterocycles. The topological polar surface area (TPSA) is 18.5 Å². The quantitative estimate of drug-likeness (QED) is 0.635. The highest BCUT2D eigenvalue weighted by Crippen LogP contribution is 2.07. The van der Waals surface area contributed by atoms with Crippen molar-refractivity contribution in [2.45, 2.75) is 33.0 Å². The van der Waals surface area contributed by atoms with E-state index in [2.05, 4.69) is 24.3 Å². The molecule has 2 heteroatoms. The van der Waals surface area contributed by atoms with Crippen molar-refractivity contribution in [3.05, 3.63) is 42.0 Å². The lowest BCUT2D eigenvalue weighted by molar-refractivity contribution is -0.138. The van der Waals surface area contributed by atoms with E-state index in [-0.39, 0.29) is 6.29 Å². The Balaban J connectivity index is 2.28. The molecule has 17 heavy (non-hydrogen) atoms. The highest BCUT2D eigenvalue weighted by Gasteiger charge is 2.05. The van der Waals surface area contributed by atoms with Crippen LogP contribution in [0.25, 0.3) is 6.08 Å². The Kier molecular flexibility index (Phi) is 7.35. The summed E-state index contributed by atoms with van der Waals surface area (Å²) in [6, 6.07) is 10.3. The zero-order chi connectivity index (χ0) is 12.3.